The van der Waals surface area contributed by atoms with Gasteiger partial charge in [-0.25, -0.2) is 9.59 Å². The van der Waals surface area contributed by atoms with Crippen molar-refractivity contribution in [2.24, 2.45) is 0 Å². The summed E-state index contributed by atoms with van der Waals surface area (Å²) in [6.07, 6.45) is 1.56. The summed E-state index contributed by atoms with van der Waals surface area (Å²) in [5, 5.41) is 19.9. The highest BCUT2D eigenvalue weighted by molar-refractivity contribution is 5.89. The number of ether oxygens (including phenoxy) is 1. The summed E-state index contributed by atoms with van der Waals surface area (Å²) < 4.78 is 30.0. The van der Waals surface area contributed by atoms with E-state index in [2.05, 4.69) is 25.7 Å². The molecule has 44 heavy (non-hydrogen) atoms. The summed E-state index contributed by atoms with van der Waals surface area (Å²) >= 11 is 0. The second-order valence-electron chi connectivity index (χ2n) is 10.6. The smallest absolute Gasteiger partial charge is 0.387 e. The first kappa shape index (κ1) is 32.0. The molecule has 1 aromatic heterocycles. The molecule has 0 radical (unpaired) electrons. The third-order valence-electron chi connectivity index (χ3n) is 7.28. The van der Waals surface area contributed by atoms with Crippen molar-refractivity contribution in [3.05, 3.63) is 99.5 Å². The van der Waals surface area contributed by atoms with Crippen LogP contribution in [0.15, 0.2) is 71.7 Å². The summed E-state index contributed by atoms with van der Waals surface area (Å²) in [6, 6.07) is 15.3. The molecule has 0 fully saturated rings. The number of carbonyl (C=O) groups excluding carboxylic acids is 1. The van der Waals surface area contributed by atoms with Gasteiger partial charge in [-0.1, -0.05) is 31.2 Å². The summed E-state index contributed by atoms with van der Waals surface area (Å²) in [7, 11) is 3.32. The molecule has 0 saturated heterocycles. The number of amides is 2. The minimum Gasteiger partial charge on any atom is -0.479 e. The molecular weight excluding hydrogens is 572 g/mol. The normalized spacial score (nSPS) is 12.5. The number of nitrogens with one attached hydrogen (secondary N) is 4. The fraction of sp³-hybridized carbons (Fsp3) is 0.281. The van der Waals surface area contributed by atoms with Gasteiger partial charge in [0.15, 0.2) is 6.04 Å². The van der Waals surface area contributed by atoms with Gasteiger partial charge in [-0.2, -0.15) is 8.78 Å². The molecule has 1 unspecified atom stereocenters. The number of hydrogen-bond acceptors (Lipinski definition) is 6. The van der Waals surface area contributed by atoms with E-state index in [9.17, 15) is 28.3 Å². The fourth-order valence-corrected chi connectivity index (χ4v) is 5.17. The Kier molecular flexibility index (Phi) is 10.2. The van der Waals surface area contributed by atoms with Crippen LogP contribution in [0.2, 0.25) is 0 Å². The van der Waals surface area contributed by atoms with E-state index in [1.807, 2.05) is 19.9 Å². The number of rotatable bonds is 12. The van der Waals surface area contributed by atoms with Crippen LogP contribution in [0.25, 0.3) is 10.8 Å². The largest absolute Gasteiger partial charge is 0.479 e. The maximum atomic E-state index is 12.9. The summed E-state index contributed by atoms with van der Waals surface area (Å²) in [5.74, 6) is -1.14. The Bertz CT molecular complexity index is 1710. The Morgan fingerprint density at radius 3 is 2.48 bits per heavy atom. The Hall–Kier alpha value is -4.97. The van der Waals surface area contributed by atoms with Crippen molar-refractivity contribution >= 4 is 34.1 Å². The average Bonchev–Trinajstić information content (AvgIpc) is 2.97. The van der Waals surface area contributed by atoms with Crippen LogP contribution in [0.1, 0.15) is 41.1 Å². The number of aromatic nitrogens is 1. The zero-order valence-corrected chi connectivity index (χ0v) is 24.8. The van der Waals surface area contributed by atoms with Crippen LogP contribution >= 0.6 is 0 Å². The highest BCUT2D eigenvalue weighted by atomic mass is 19.3. The molecule has 3 aromatic carbocycles. The van der Waals surface area contributed by atoms with Gasteiger partial charge in [-0.05, 0) is 78.4 Å². The van der Waals surface area contributed by atoms with E-state index < -0.39 is 18.6 Å². The van der Waals surface area contributed by atoms with Crippen molar-refractivity contribution in [2.45, 2.75) is 39.0 Å². The average molecular weight is 608 g/mol. The van der Waals surface area contributed by atoms with Crippen LogP contribution in [0.3, 0.4) is 0 Å². The van der Waals surface area contributed by atoms with Crippen LogP contribution in [0, 0.1) is 6.92 Å². The molecule has 10 nitrogen and oxygen atoms in total. The molecular formula is C32H35F2N5O5. The number of likely N-dealkylation sites (N-methyl/N-ethyl adjacent to an activating group) is 1. The number of aryl methyl sites for hydroxylation is 1. The van der Waals surface area contributed by atoms with Gasteiger partial charge in [-0.15, -0.1) is 0 Å². The number of nitrogens with zero attached hydrogens (tertiary/aromatic N) is 1. The molecule has 0 saturated carbocycles. The number of aliphatic carboxylic acids is 1. The van der Waals surface area contributed by atoms with E-state index in [1.54, 1.807) is 62.8 Å². The maximum absolute atomic E-state index is 12.9. The fourth-order valence-electron chi connectivity index (χ4n) is 5.17. The van der Waals surface area contributed by atoms with Crippen molar-refractivity contribution in [1.29, 1.82) is 0 Å². The summed E-state index contributed by atoms with van der Waals surface area (Å²) in [5.41, 5.74) is 3.49. The van der Waals surface area contributed by atoms with E-state index in [1.165, 1.54) is 17.0 Å². The molecule has 5 N–H and O–H groups in total. The number of hydrogen-bond donors (Lipinski definition) is 5. The number of pyridine rings is 1. The predicted octanol–water partition coefficient (Wildman–Crippen LogP) is 5.66. The molecule has 232 valence electrons. The third kappa shape index (κ3) is 7.70. The quantitative estimate of drug-likeness (QED) is 0.140. The molecule has 0 aliphatic rings. The van der Waals surface area contributed by atoms with Gasteiger partial charge in [0.05, 0.1) is 0 Å². The third-order valence-corrected chi connectivity index (χ3v) is 7.28. The number of anilines is 2. The number of fused-ring (bicyclic) bond motifs is 1. The first-order valence-corrected chi connectivity index (χ1v) is 13.9. The number of urea groups is 1. The number of H-pyrrole nitrogens is 1. The van der Waals surface area contributed by atoms with E-state index >= 15 is 0 Å². The van der Waals surface area contributed by atoms with Gasteiger partial charge in [0, 0.05) is 48.7 Å². The number of carboxylic acid groups (broad SMARTS) is 1. The number of aromatic amines is 1. The second-order valence-corrected chi connectivity index (χ2v) is 10.6. The lowest BCUT2D eigenvalue weighted by Gasteiger charge is -2.24. The lowest BCUT2D eigenvalue weighted by atomic mass is 9.92. The van der Waals surface area contributed by atoms with E-state index in [-0.39, 0.29) is 29.8 Å². The number of carbonyl (C=O) groups is 2. The maximum Gasteiger partial charge on any atom is 0.387 e. The van der Waals surface area contributed by atoms with Crippen molar-refractivity contribution in [2.75, 3.05) is 31.3 Å². The van der Waals surface area contributed by atoms with Gasteiger partial charge in [0.1, 0.15) is 5.75 Å². The Labute approximate surface area is 253 Å². The molecule has 0 aliphatic carbocycles. The Morgan fingerprint density at radius 1 is 1.05 bits per heavy atom. The minimum atomic E-state index is -2.96. The highest BCUT2D eigenvalue weighted by Gasteiger charge is 2.22. The Balaban J connectivity index is 1.44. The monoisotopic (exact) mass is 607 g/mol. The molecule has 0 bridgehead atoms. The number of alkyl halides is 2. The number of halogens is 2. The zero-order chi connectivity index (χ0) is 32.0. The first-order chi connectivity index (χ1) is 21.0. The van der Waals surface area contributed by atoms with Gasteiger partial charge >= 0.3 is 18.6 Å². The molecule has 1 heterocycles. The standard InChI is InChI=1S/C32H35F2N5O5/c1-18-13-21(28(30(41)42)37-24-7-5-20-11-12-36-29(40)26(20)15-24)6-9-25(18)19(2)17-39(4)32(43)38-23-8-10-27(44-31(33)34)22(14-23)16-35-3/h5-15,19,28,31,35,37H,16-17H2,1-4H3,(H,36,40)(H,38,43)(H,41,42)/t19-,28?/m0/s1. The van der Waals surface area contributed by atoms with Crippen LogP contribution in [0.4, 0.5) is 25.0 Å². The van der Waals surface area contributed by atoms with Crippen molar-refractivity contribution in [1.82, 2.24) is 15.2 Å². The van der Waals surface area contributed by atoms with Crippen molar-refractivity contribution in [3.8, 4) is 5.75 Å². The molecule has 2 atom stereocenters. The summed E-state index contributed by atoms with van der Waals surface area (Å²) in [6.45, 7) is 1.52. The van der Waals surface area contributed by atoms with Crippen molar-refractivity contribution in [3.63, 3.8) is 0 Å². The molecule has 0 spiro atoms. The molecule has 12 heteroatoms. The lowest BCUT2D eigenvalue weighted by molar-refractivity contribution is -0.138. The van der Waals surface area contributed by atoms with Gasteiger partial charge in [-0.3, -0.25) is 4.79 Å². The minimum absolute atomic E-state index is 0.0288. The molecule has 4 rings (SSSR count). The molecule has 2 amide bonds. The Morgan fingerprint density at radius 2 is 1.80 bits per heavy atom. The van der Waals surface area contributed by atoms with Gasteiger partial charge in [0.25, 0.3) is 5.56 Å². The van der Waals surface area contributed by atoms with Gasteiger partial charge < -0.3 is 35.7 Å². The summed E-state index contributed by atoms with van der Waals surface area (Å²) in [4.78, 5) is 41.5. The second kappa shape index (κ2) is 14.0. The van der Waals surface area contributed by atoms with Crippen molar-refractivity contribution < 1.29 is 28.2 Å². The van der Waals surface area contributed by atoms with Crippen LogP contribution in [-0.4, -0.2) is 54.2 Å². The molecule has 4 aromatic rings. The highest BCUT2D eigenvalue weighted by Crippen LogP contribution is 2.28. The van der Waals surface area contributed by atoms with Crippen LogP contribution in [-0.2, 0) is 11.3 Å². The number of benzene rings is 3. The van der Waals surface area contributed by atoms with E-state index in [4.69, 9.17) is 0 Å². The van der Waals surface area contributed by atoms with Crippen LogP contribution in [0.5, 0.6) is 5.75 Å². The lowest BCUT2D eigenvalue weighted by Crippen LogP contribution is -2.34. The molecule has 0 aliphatic heterocycles. The first-order valence-electron chi connectivity index (χ1n) is 13.9. The van der Waals surface area contributed by atoms with Crippen LogP contribution < -0.4 is 26.2 Å². The SMILES string of the molecule is CNCc1cc(NC(=O)N(C)C[C@H](C)c2ccc(C(Nc3ccc4cc[nH]c(=O)c4c3)C(=O)O)cc2C)ccc1OC(F)F. The topological polar surface area (TPSA) is 136 Å². The predicted molar refractivity (Wildman–Crippen MR) is 166 cm³/mol. The van der Waals surface area contributed by atoms with E-state index in [0.29, 0.717) is 34.4 Å². The zero-order valence-electron chi connectivity index (χ0n) is 24.8. The van der Waals surface area contributed by atoms with Gasteiger partial charge in [0.2, 0.25) is 0 Å². The van der Waals surface area contributed by atoms with E-state index in [0.717, 1.165) is 16.5 Å². The number of carboxylic acids is 1.